The lowest BCUT2D eigenvalue weighted by Crippen LogP contribution is -2.12. The van der Waals surface area contributed by atoms with E-state index in [0.29, 0.717) is 21.9 Å². The fraction of sp³-hybridized carbons (Fsp3) is 0.0909. The van der Waals surface area contributed by atoms with Crippen molar-refractivity contribution < 1.29 is 4.74 Å². The number of nitrogens with zero attached hydrogens (tertiary/aromatic N) is 1. The van der Waals surface area contributed by atoms with Gasteiger partial charge in [0.25, 0.3) is 5.56 Å². The number of anilines is 1. The maximum atomic E-state index is 11.6. The van der Waals surface area contributed by atoms with Gasteiger partial charge in [-0.1, -0.05) is 17.7 Å². The number of halogens is 1. The molecule has 0 amide bonds. The number of nitrogens with one attached hydrogen (secondary N) is 1. The number of methoxy groups -OCH3 is 1. The van der Waals surface area contributed by atoms with Gasteiger partial charge < -0.3 is 10.5 Å². The van der Waals surface area contributed by atoms with Gasteiger partial charge in [-0.05, 0) is 23.8 Å². The molecular weight excluding hydrogens is 242 g/mol. The molecule has 88 valence electrons. The van der Waals surface area contributed by atoms with Gasteiger partial charge in [-0.15, -0.1) is 0 Å². The minimum Gasteiger partial charge on any atom is -0.495 e. The summed E-state index contributed by atoms with van der Waals surface area (Å²) in [6.07, 6.45) is 0. The van der Waals surface area contributed by atoms with E-state index in [-0.39, 0.29) is 11.4 Å². The van der Waals surface area contributed by atoms with Crippen molar-refractivity contribution in [1.82, 2.24) is 10.2 Å². The van der Waals surface area contributed by atoms with Crippen LogP contribution in [0.4, 0.5) is 5.82 Å². The standard InChI is InChI=1S/C11H10ClN3O2/c1-17-9-3-2-6(4-8(9)12)7-5-10(13)14-15-11(7)16/h2-5H,1H3,(H2,13,14)(H,15,16). The highest BCUT2D eigenvalue weighted by Crippen LogP contribution is 2.28. The summed E-state index contributed by atoms with van der Waals surface area (Å²) in [6.45, 7) is 0. The molecule has 1 aromatic carbocycles. The van der Waals surface area contributed by atoms with E-state index in [1.165, 1.54) is 13.2 Å². The average Bonchev–Trinajstić information content (AvgIpc) is 2.32. The molecule has 5 nitrogen and oxygen atoms in total. The molecule has 1 aromatic heterocycles. The molecule has 0 radical (unpaired) electrons. The molecule has 3 N–H and O–H groups in total. The largest absolute Gasteiger partial charge is 0.495 e. The maximum Gasteiger partial charge on any atom is 0.272 e. The van der Waals surface area contributed by atoms with Crippen LogP contribution in [0.15, 0.2) is 29.1 Å². The van der Waals surface area contributed by atoms with Crippen LogP contribution in [0.1, 0.15) is 0 Å². The van der Waals surface area contributed by atoms with E-state index in [4.69, 9.17) is 22.1 Å². The summed E-state index contributed by atoms with van der Waals surface area (Å²) < 4.78 is 5.03. The van der Waals surface area contributed by atoms with Crippen molar-refractivity contribution in [3.05, 3.63) is 39.6 Å². The number of aromatic nitrogens is 2. The minimum atomic E-state index is -0.319. The Morgan fingerprint density at radius 2 is 2.18 bits per heavy atom. The lowest BCUT2D eigenvalue weighted by molar-refractivity contribution is 0.415. The van der Waals surface area contributed by atoms with E-state index < -0.39 is 0 Å². The molecule has 0 fully saturated rings. The van der Waals surface area contributed by atoms with E-state index in [1.807, 2.05) is 0 Å². The summed E-state index contributed by atoms with van der Waals surface area (Å²) in [4.78, 5) is 11.6. The molecule has 17 heavy (non-hydrogen) atoms. The van der Waals surface area contributed by atoms with Crippen LogP contribution < -0.4 is 16.0 Å². The maximum absolute atomic E-state index is 11.6. The van der Waals surface area contributed by atoms with Crippen LogP contribution in [0.3, 0.4) is 0 Å². The molecule has 0 saturated carbocycles. The summed E-state index contributed by atoms with van der Waals surface area (Å²) in [5, 5.41) is 6.34. The van der Waals surface area contributed by atoms with Crippen molar-refractivity contribution in [1.29, 1.82) is 0 Å². The Morgan fingerprint density at radius 3 is 2.82 bits per heavy atom. The third kappa shape index (κ3) is 2.24. The number of nitrogens with two attached hydrogens (primary N) is 1. The fourth-order valence-corrected chi connectivity index (χ4v) is 1.73. The zero-order chi connectivity index (χ0) is 12.4. The highest BCUT2D eigenvalue weighted by Gasteiger charge is 2.07. The third-order valence-corrected chi connectivity index (χ3v) is 2.58. The molecule has 0 bridgehead atoms. The number of benzene rings is 1. The molecule has 0 aliphatic rings. The van der Waals surface area contributed by atoms with E-state index in [2.05, 4.69) is 10.2 Å². The lowest BCUT2D eigenvalue weighted by atomic mass is 10.1. The summed E-state index contributed by atoms with van der Waals surface area (Å²) in [7, 11) is 1.53. The van der Waals surface area contributed by atoms with Crippen molar-refractivity contribution >= 4 is 17.4 Å². The Morgan fingerprint density at radius 1 is 1.41 bits per heavy atom. The van der Waals surface area contributed by atoms with Crippen LogP contribution in [-0.4, -0.2) is 17.3 Å². The first-order valence-electron chi connectivity index (χ1n) is 4.81. The molecule has 0 aliphatic carbocycles. The second-order valence-corrected chi connectivity index (χ2v) is 3.79. The highest BCUT2D eigenvalue weighted by atomic mass is 35.5. The second-order valence-electron chi connectivity index (χ2n) is 3.38. The first-order valence-corrected chi connectivity index (χ1v) is 5.18. The van der Waals surface area contributed by atoms with Gasteiger partial charge >= 0.3 is 0 Å². The van der Waals surface area contributed by atoms with Crippen molar-refractivity contribution in [2.75, 3.05) is 12.8 Å². The van der Waals surface area contributed by atoms with Crippen molar-refractivity contribution in [2.24, 2.45) is 0 Å². The van der Waals surface area contributed by atoms with Crippen LogP contribution in [0, 0.1) is 0 Å². The monoisotopic (exact) mass is 251 g/mol. The number of aromatic amines is 1. The lowest BCUT2D eigenvalue weighted by Gasteiger charge is -2.05. The Kier molecular flexibility index (Phi) is 3.01. The first-order chi connectivity index (χ1) is 8.11. The molecule has 0 atom stereocenters. The first kappa shape index (κ1) is 11.5. The number of H-pyrrole nitrogens is 1. The number of nitrogen functional groups attached to an aromatic ring is 1. The van der Waals surface area contributed by atoms with Crippen LogP contribution in [0.2, 0.25) is 5.02 Å². The van der Waals surface area contributed by atoms with Gasteiger partial charge in [-0.2, -0.15) is 5.10 Å². The van der Waals surface area contributed by atoms with E-state index >= 15 is 0 Å². The number of hydrogen-bond acceptors (Lipinski definition) is 4. The van der Waals surface area contributed by atoms with Crippen LogP contribution in [-0.2, 0) is 0 Å². The zero-order valence-corrected chi connectivity index (χ0v) is 9.78. The normalized spacial score (nSPS) is 10.2. The minimum absolute atomic E-state index is 0.242. The Bertz CT molecular complexity index is 610. The van der Waals surface area contributed by atoms with Gasteiger partial charge in [0.1, 0.15) is 11.6 Å². The topological polar surface area (TPSA) is 81.0 Å². The van der Waals surface area contributed by atoms with Crippen LogP contribution in [0.25, 0.3) is 11.1 Å². The Balaban J connectivity index is 2.57. The molecular formula is C11H10ClN3O2. The average molecular weight is 252 g/mol. The summed E-state index contributed by atoms with van der Waals surface area (Å²) in [5.74, 6) is 0.792. The molecule has 0 spiro atoms. The van der Waals surface area contributed by atoms with Gasteiger partial charge in [0.05, 0.1) is 17.7 Å². The van der Waals surface area contributed by atoms with Crippen molar-refractivity contribution in [3.8, 4) is 16.9 Å². The Hall–Kier alpha value is -2.01. The molecule has 6 heteroatoms. The molecule has 0 aliphatic heterocycles. The van der Waals surface area contributed by atoms with Crippen molar-refractivity contribution in [2.45, 2.75) is 0 Å². The molecule has 1 heterocycles. The van der Waals surface area contributed by atoms with E-state index in [1.54, 1.807) is 18.2 Å². The predicted molar refractivity (Wildman–Crippen MR) is 66.3 cm³/mol. The van der Waals surface area contributed by atoms with Gasteiger partial charge in [-0.3, -0.25) is 4.79 Å². The van der Waals surface area contributed by atoms with Gasteiger partial charge in [0.15, 0.2) is 0 Å². The summed E-state index contributed by atoms with van der Waals surface area (Å²) >= 11 is 5.99. The molecule has 2 rings (SSSR count). The predicted octanol–water partition coefficient (Wildman–Crippen LogP) is 1.68. The van der Waals surface area contributed by atoms with E-state index in [0.717, 1.165) is 0 Å². The van der Waals surface area contributed by atoms with Crippen molar-refractivity contribution in [3.63, 3.8) is 0 Å². The quantitative estimate of drug-likeness (QED) is 0.851. The smallest absolute Gasteiger partial charge is 0.272 e. The van der Waals surface area contributed by atoms with E-state index in [9.17, 15) is 4.79 Å². The molecule has 2 aromatic rings. The summed E-state index contributed by atoms with van der Waals surface area (Å²) in [5.41, 5.74) is 6.28. The molecule has 0 unspecified atom stereocenters. The van der Waals surface area contributed by atoms with Crippen LogP contribution >= 0.6 is 11.6 Å². The fourth-order valence-electron chi connectivity index (χ4n) is 1.47. The third-order valence-electron chi connectivity index (χ3n) is 2.29. The highest BCUT2D eigenvalue weighted by molar-refractivity contribution is 6.32. The zero-order valence-electron chi connectivity index (χ0n) is 9.03. The van der Waals surface area contributed by atoms with Gasteiger partial charge in [0, 0.05) is 0 Å². The molecule has 0 saturated heterocycles. The number of rotatable bonds is 2. The Labute approximate surface area is 102 Å². The van der Waals surface area contributed by atoms with Gasteiger partial charge in [0.2, 0.25) is 0 Å². The van der Waals surface area contributed by atoms with Crippen LogP contribution in [0.5, 0.6) is 5.75 Å². The van der Waals surface area contributed by atoms with Gasteiger partial charge in [-0.25, -0.2) is 5.10 Å². The number of ether oxygens (including phenoxy) is 1. The number of hydrogen-bond donors (Lipinski definition) is 2. The SMILES string of the molecule is COc1ccc(-c2cc(N)n[nH]c2=O)cc1Cl. The summed E-state index contributed by atoms with van der Waals surface area (Å²) in [6, 6.07) is 6.56. The second kappa shape index (κ2) is 4.47.